The van der Waals surface area contributed by atoms with Gasteiger partial charge in [-0.1, -0.05) is 12.1 Å². The standard InChI is InChI=1S/C11H14N2O6/c14-8-5-19-11(10(16)9(8)15)12-6-3-1-2-4-7(6)13(17)18/h1-4,8-12,14-16H,5H2/t8-,9+,10-,11-/m1/s1. The molecule has 0 radical (unpaired) electrons. The highest BCUT2D eigenvalue weighted by Gasteiger charge is 2.38. The van der Waals surface area contributed by atoms with Crippen LogP contribution in [-0.4, -0.2) is 51.4 Å². The minimum atomic E-state index is -1.39. The molecule has 1 aliphatic heterocycles. The van der Waals surface area contributed by atoms with Crippen LogP contribution in [0.15, 0.2) is 24.3 Å². The molecule has 8 heteroatoms. The number of hydrogen-bond acceptors (Lipinski definition) is 7. The predicted octanol–water partition coefficient (Wildman–Crippen LogP) is -0.554. The highest BCUT2D eigenvalue weighted by molar-refractivity contribution is 5.61. The highest BCUT2D eigenvalue weighted by Crippen LogP contribution is 2.26. The first-order chi connectivity index (χ1) is 9.00. The fourth-order valence-corrected chi connectivity index (χ4v) is 1.84. The summed E-state index contributed by atoms with van der Waals surface area (Å²) in [5, 5.41) is 42.0. The number of nitro benzene ring substituents is 1. The van der Waals surface area contributed by atoms with Crippen molar-refractivity contribution in [3.8, 4) is 0 Å². The molecule has 0 unspecified atom stereocenters. The lowest BCUT2D eigenvalue weighted by molar-refractivity contribution is -0.384. The van der Waals surface area contributed by atoms with E-state index in [4.69, 9.17) is 4.74 Å². The Kier molecular flexibility index (Phi) is 3.96. The van der Waals surface area contributed by atoms with E-state index in [2.05, 4.69) is 5.32 Å². The van der Waals surface area contributed by atoms with Crippen molar-refractivity contribution < 1.29 is 25.0 Å². The van der Waals surface area contributed by atoms with Crippen LogP contribution in [-0.2, 0) is 4.74 Å². The molecule has 2 rings (SSSR count). The minimum absolute atomic E-state index is 0.167. The normalized spacial score (nSPS) is 30.9. The lowest BCUT2D eigenvalue weighted by Gasteiger charge is -2.35. The van der Waals surface area contributed by atoms with Crippen molar-refractivity contribution in [1.82, 2.24) is 0 Å². The first-order valence-electron chi connectivity index (χ1n) is 5.66. The Bertz CT molecular complexity index is 468. The zero-order chi connectivity index (χ0) is 14.0. The van der Waals surface area contributed by atoms with Gasteiger partial charge in [0.25, 0.3) is 5.69 Å². The number of hydrogen-bond donors (Lipinski definition) is 4. The van der Waals surface area contributed by atoms with Crippen LogP contribution in [0.5, 0.6) is 0 Å². The van der Waals surface area contributed by atoms with Gasteiger partial charge in [0.2, 0.25) is 0 Å². The van der Waals surface area contributed by atoms with E-state index in [0.717, 1.165) is 0 Å². The summed E-state index contributed by atoms with van der Waals surface area (Å²) in [4.78, 5) is 10.3. The van der Waals surface area contributed by atoms with E-state index in [-0.39, 0.29) is 18.0 Å². The molecule has 8 nitrogen and oxygen atoms in total. The molecule has 19 heavy (non-hydrogen) atoms. The first-order valence-corrected chi connectivity index (χ1v) is 5.66. The van der Waals surface area contributed by atoms with Gasteiger partial charge in [-0.15, -0.1) is 0 Å². The van der Waals surface area contributed by atoms with Gasteiger partial charge in [0, 0.05) is 6.07 Å². The summed E-state index contributed by atoms with van der Waals surface area (Å²) in [5.41, 5.74) is -0.000878. The van der Waals surface area contributed by atoms with Gasteiger partial charge < -0.3 is 25.4 Å². The lowest BCUT2D eigenvalue weighted by Crippen LogP contribution is -2.55. The zero-order valence-corrected chi connectivity index (χ0v) is 9.84. The third-order valence-electron chi connectivity index (χ3n) is 2.90. The van der Waals surface area contributed by atoms with Crippen LogP contribution in [0, 0.1) is 10.1 Å². The summed E-state index contributed by atoms with van der Waals surface area (Å²) in [6.07, 6.45) is -4.96. The number of aliphatic hydroxyl groups is 3. The monoisotopic (exact) mass is 270 g/mol. The Morgan fingerprint density at radius 1 is 1.26 bits per heavy atom. The molecular weight excluding hydrogens is 256 g/mol. The lowest BCUT2D eigenvalue weighted by atomic mass is 10.0. The van der Waals surface area contributed by atoms with Crippen molar-refractivity contribution in [3.05, 3.63) is 34.4 Å². The molecule has 0 saturated carbocycles. The van der Waals surface area contributed by atoms with Crippen LogP contribution < -0.4 is 5.32 Å². The van der Waals surface area contributed by atoms with Crippen molar-refractivity contribution in [2.75, 3.05) is 11.9 Å². The predicted molar refractivity (Wildman–Crippen MR) is 64.5 cm³/mol. The molecule has 1 heterocycles. The van der Waals surface area contributed by atoms with Gasteiger partial charge >= 0.3 is 0 Å². The summed E-state index contributed by atoms with van der Waals surface area (Å²) in [7, 11) is 0. The average Bonchev–Trinajstić information content (AvgIpc) is 2.40. The second-order valence-corrected chi connectivity index (χ2v) is 4.22. The van der Waals surface area contributed by atoms with Gasteiger partial charge in [0.05, 0.1) is 11.5 Å². The molecule has 0 bridgehead atoms. The summed E-state index contributed by atoms with van der Waals surface area (Å²) in [6, 6.07) is 5.88. The number of benzene rings is 1. The summed E-state index contributed by atoms with van der Waals surface area (Å²) < 4.78 is 5.12. The number of ether oxygens (including phenoxy) is 1. The first kappa shape index (κ1) is 13.7. The molecular formula is C11H14N2O6. The van der Waals surface area contributed by atoms with Crippen LogP contribution >= 0.6 is 0 Å². The van der Waals surface area contributed by atoms with Crippen LogP contribution in [0.1, 0.15) is 0 Å². The Morgan fingerprint density at radius 3 is 2.63 bits per heavy atom. The maximum Gasteiger partial charge on any atom is 0.292 e. The molecule has 4 N–H and O–H groups in total. The molecule has 0 aliphatic carbocycles. The van der Waals surface area contributed by atoms with E-state index in [1.807, 2.05) is 0 Å². The van der Waals surface area contributed by atoms with Gasteiger partial charge in [0.1, 0.15) is 24.0 Å². The number of nitrogens with one attached hydrogen (secondary N) is 1. The number of aliphatic hydroxyl groups excluding tert-OH is 3. The Labute approximate surface area is 108 Å². The summed E-state index contributed by atoms with van der Waals surface area (Å²) in [6.45, 7) is -0.170. The van der Waals surface area contributed by atoms with E-state index >= 15 is 0 Å². The molecule has 0 aromatic heterocycles. The van der Waals surface area contributed by atoms with Crippen molar-refractivity contribution in [2.24, 2.45) is 0 Å². The number of nitrogens with zero attached hydrogens (tertiary/aromatic N) is 1. The third kappa shape index (κ3) is 2.82. The topological polar surface area (TPSA) is 125 Å². The number of rotatable bonds is 3. The Hall–Kier alpha value is -1.74. The number of para-hydroxylation sites is 2. The van der Waals surface area contributed by atoms with Gasteiger partial charge in [-0.05, 0) is 6.07 Å². The van der Waals surface area contributed by atoms with Crippen LogP contribution in [0.4, 0.5) is 11.4 Å². The second-order valence-electron chi connectivity index (χ2n) is 4.22. The van der Waals surface area contributed by atoms with E-state index in [9.17, 15) is 25.4 Å². The van der Waals surface area contributed by atoms with Crippen molar-refractivity contribution >= 4 is 11.4 Å². The van der Waals surface area contributed by atoms with Crippen LogP contribution in [0.3, 0.4) is 0 Å². The Balaban J connectivity index is 2.15. The molecule has 1 saturated heterocycles. The maximum atomic E-state index is 10.8. The van der Waals surface area contributed by atoms with Crippen LogP contribution in [0.25, 0.3) is 0 Å². The van der Waals surface area contributed by atoms with Crippen molar-refractivity contribution in [3.63, 3.8) is 0 Å². The number of nitro groups is 1. The molecule has 1 aromatic rings. The highest BCUT2D eigenvalue weighted by atomic mass is 16.6. The largest absolute Gasteiger partial charge is 0.388 e. The summed E-state index contributed by atoms with van der Waals surface area (Å²) in [5.74, 6) is 0. The summed E-state index contributed by atoms with van der Waals surface area (Å²) >= 11 is 0. The molecule has 1 aliphatic rings. The zero-order valence-electron chi connectivity index (χ0n) is 9.84. The van der Waals surface area contributed by atoms with Gasteiger partial charge in [-0.2, -0.15) is 0 Å². The van der Waals surface area contributed by atoms with Gasteiger partial charge in [-0.3, -0.25) is 10.1 Å². The van der Waals surface area contributed by atoms with E-state index < -0.39 is 29.5 Å². The number of anilines is 1. The maximum absolute atomic E-state index is 10.8. The minimum Gasteiger partial charge on any atom is -0.388 e. The fourth-order valence-electron chi connectivity index (χ4n) is 1.84. The average molecular weight is 270 g/mol. The van der Waals surface area contributed by atoms with E-state index in [0.29, 0.717) is 0 Å². The smallest absolute Gasteiger partial charge is 0.292 e. The van der Waals surface area contributed by atoms with E-state index in [1.165, 1.54) is 18.2 Å². The quantitative estimate of drug-likeness (QED) is 0.428. The van der Waals surface area contributed by atoms with Crippen LogP contribution in [0.2, 0.25) is 0 Å². The molecule has 1 aromatic carbocycles. The molecule has 104 valence electrons. The van der Waals surface area contributed by atoms with E-state index in [1.54, 1.807) is 6.07 Å². The molecule has 1 fully saturated rings. The van der Waals surface area contributed by atoms with Crippen molar-refractivity contribution in [1.29, 1.82) is 0 Å². The SMILES string of the molecule is O=[N+]([O-])c1ccccc1N[C@@H]1OC[C@@H](O)[C@H](O)[C@H]1O. The Morgan fingerprint density at radius 2 is 1.95 bits per heavy atom. The molecule has 0 amide bonds. The van der Waals surface area contributed by atoms with Crippen molar-refractivity contribution in [2.45, 2.75) is 24.5 Å². The molecule has 4 atom stereocenters. The molecule has 0 spiro atoms. The third-order valence-corrected chi connectivity index (χ3v) is 2.90. The van der Waals surface area contributed by atoms with Gasteiger partial charge in [-0.25, -0.2) is 0 Å². The fraction of sp³-hybridized carbons (Fsp3) is 0.455. The van der Waals surface area contributed by atoms with Gasteiger partial charge in [0.15, 0.2) is 6.23 Å². The second kappa shape index (κ2) is 5.49.